The molecular weight excluding hydrogens is 340 g/mol. The van der Waals surface area contributed by atoms with Gasteiger partial charge in [0.2, 0.25) is 0 Å². The van der Waals surface area contributed by atoms with E-state index in [1.54, 1.807) is 22.8 Å². The average molecular weight is 364 g/mol. The minimum Gasteiger partial charge on any atom is -0.296 e. The molecule has 2 aromatic rings. The van der Waals surface area contributed by atoms with Crippen LogP contribution in [0.3, 0.4) is 0 Å². The van der Waals surface area contributed by atoms with E-state index in [2.05, 4.69) is 36.3 Å². The SMILES string of the molecule is CC1=C/C(=N\NC(=O)c2ccc3c(=O)n4c(nc3c2)CCC4)CC(C)(C)C1. The number of hydrogen-bond acceptors (Lipinski definition) is 4. The molecule has 6 heteroatoms. The van der Waals surface area contributed by atoms with Gasteiger partial charge < -0.3 is 0 Å². The minimum absolute atomic E-state index is 0.0234. The molecule has 0 bridgehead atoms. The first-order valence-corrected chi connectivity index (χ1v) is 9.40. The van der Waals surface area contributed by atoms with E-state index in [9.17, 15) is 9.59 Å². The number of allylic oxidation sites excluding steroid dienone is 2. The van der Waals surface area contributed by atoms with Crippen LogP contribution >= 0.6 is 0 Å². The molecule has 1 aliphatic carbocycles. The Morgan fingerprint density at radius 3 is 2.89 bits per heavy atom. The lowest BCUT2D eigenvalue weighted by molar-refractivity contribution is 0.0954. The Hall–Kier alpha value is -2.76. The van der Waals surface area contributed by atoms with E-state index in [4.69, 9.17) is 0 Å². The van der Waals surface area contributed by atoms with Crippen molar-refractivity contribution < 1.29 is 4.79 Å². The first-order valence-electron chi connectivity index (χ1n) is 9.40. The molecule has 0 unspecified atom stereocenters. The second-order valence-corrected chi connectivity index (χ2v) is 8.37. The topological polar surface area (TPSA) is 76.3 Å². The summed E-state index contributed by atoms with van der Waals surface area (Å²) >= 11 is 0. The van der Waals surface area contributed by atoms with Crippen molar-refractivity contribution in [3.63, 3.8) is 0 Å². The third-order valence-electron chi connectivity index (χ3n) is 5.21. The number of hydrazone groups is 1. The number of amides is 1. The molecule has 1 aromatic carbocycles. The second-order valence-electron chi connectivity index (χ2n) is 8.37. The maximum atomic E-state index is 12.5. The van der Waals surface area contributed by atoms with Crippen LogP contribution in [0.4, 0.5) is 0 Å². The van der Waals surface area contributed by atoms with Gasteiger partial charge in [-0.1, -0.05) is 19.4 Å². The molecule has 0 atom stereocenters. The highest BCUT2D eigenvalue weighted by molar-refractivity contribution is 6.00. The predicted molar refractivity (Wildman–Crippen MR) is 106 cm³/mol. The minimum atomic E-state index is -0.291. The molecule has 140 valence electrons. The summed E-state index contributed by atoms with van der Waals surface area (Å²) in [6.45, 7) is 7.21. The number of nitrogens with one attached hydrogen (secondary N) is 1. The van der Waals surface area contributed by atoms with Crippen LogP contribution in [0.2, 0.25) is 0 Å². The predicted octanol–water partition coefficient (Wildman–Crippen LogP) is 3.19. The van der Waals surface area contributed by atoms with E-state index >= 15 is 0 Å². The molecule has 2 aliphatic rings. The molecule has 0 spiro atoms. The summed E-state index contributed by atoms with van der Waals surface area (Å²) in [7, 11) is 0. The van der Waals surface area contributed by atoms with Gasteiger partial charge in [-0.2, -0.15) is 5.10 Å². The number of carbonyl (C=O) groups is 1. The molecule has 0 radical (unpaired) electrons. The van der Waals surface area contributed by atoms with Crippen molar-refractivity contribution in [2.24, 2.45) is 10.5 Å². The van der Waals surface area contributed by atoms with E-state index in [1.807, 2.05) is 6.08 Å². The largest absolute Gasteiger partial charge is 0.296 e. The van der Waals surface area contributed by atoms with Crippen molar-refractivity contribution >= 4 is 22.5 Å². The maximum Gasteiger partial charge on any atom is 0.271 e. The summed E-state index contributed by atoms with van der Waals surface area (Å²) in [5.74, 6) is 0.511. The standard InChI is InChI=1S/C21H24N4O2/c1-13-9-15(12-21(2,3)11-13)23-24-19(26)14-6-7-16-17(10-14)22-18-5-4-8-25(18)20(16)27/h6-7,9-10H,4-5,8,11-12H2,1-3H3,(H,24,26)/b23-15+. The van der Waals surface area contributed by atoms with Crippen LogP contribution in [-0.2, 0) is 13.0 Å². The molecule has 1 amide bonds. The lowest BCUT2D eigenvalue weighted by atomic mass is 9.77. The van der Waals surface area contributed by atoms with Gasteiger partial charge in [0, 0.05) is 18.5 Å². The van der Waals surface area contributed by atoms with Crippen molar-refractivity contribution in [2.45, 2.75) is 53.0 Å². The zero-order valence-corrected chi connectivity index (χ0v) is 16.0. The fourth-order valence-corrected chi connectivity index (χ4v) is 4.18. The van der Waals surface area contributed by atoms with Crippen LogP contribution in [-0.4, -0.2) is 21.2 Å². The normalized spacial score (nSPS) is 19.8. The quantitative estimate of drug-likeness (QED) is 0.832. The second kappa shape index (κ2) is 6.44. The number of hydrogen-bond donors (Lipinski definition) is 1. The Bertz CT molecular complexity index is 1060. The number of aryl methyl sites for hydroxylation is 1. The smallest absolute Gasteiger partial charge is 0.271 e. The van der Waals surface area contributed by atoms with Crippen LogP contribution in [0.25, 0.3) is 10.9 Å². The van der Waals surface area contributed by atoms with E-state index < -0.39 is 0 Å². The highest BCUT2D eigenvalue weighted by Gasteiger charge is 2.25. The van der Waals surface area contributed by atoms with E-state index in [-0.39, 0.29) is 16.9 Å². The summed E-state index contributed by atoms with van der Waals surface area (Å²) in [6, 6.07) is 5.03. The van der Waals surface area contributed by atoms with Crippen molar-refractivity contribution in [1.82, 2.24) is 15.0 Å². The van der Waals surface area contributed by atoms with Gasteiger partial charge in [0.1, 0.15) is 5.82 Å². The zero-order chi connectivity index (χ0) is 19.2. The summed E-state index contributed by atoms with van der Waals surface area (Å²) < 4.78 is 1.73. The summed E-state index contributed by atoms with van der Waals surface area (Å²) in [4.78, 5) is 29.6. The fraction of sp³-hybridized carbons (Fsp3) is 0.429. The number of carbonyl (C=O) groups excluding carboxylic acids is 1. The first-order chi connectivity index (χ1) is 12.8. The molecule has 0 saturated heterocycles. The maximum absolute atomic E-state index is 12.5. The lowest BCUT2D eigenvalue weighted by Gasteiger charge is -2.29. The molecular formula is C21H24N4O2. The van der Waals surface area contributed by atoms with Crippen LogP contribution in [0.1, 0.15) is 56.2 Å². The Morgan fingerprint density at radius 2 is 2.11 bits per heavy atom. The Morgan fingerprint density at radius 1 is 1.30 bits per heavy atom. The van der Waals surface area contributed by atoms with Crippen LogP contribution < -0.4 is 11.0 Å². The Balaban J connectivity index is 1.60. The van der Waals surface area contributed by atoms with Gasteiger partial charge >= 0.3 is 0 Å². The third kappa shape index (κ3) is 3.44. The van der Waals surface area contributed by atoms with Crippen molar-refractivity contribution in [3.05, 3.63) is 51.6 Å². The Kier molecular flexibility index (Phi) is 4.21. The lowest BCUT2D eigenvalue weighted by Crippen LogP contribution is -2.25. The number of benzene rings is 1. The van der Waals surface area contributed by atoms with Gasteiger partial charge in [-0.05, 0) is 55.9 Å². The van der Waals surface area contributed by atoms with Crippen LogP contribution in [0.5, 0.6) is 0 Å². The van der Waals surface area contributed by atoms with Gasteiger partial charge in [0.25, 0.3) is 11.5 Å². The van der Waals surface area contributed by atoms with E-state index in [0.29, 0.717) is 16.5 Å². The average Bonchev–Trinajstić information content (AvgIpc) is 3.06. The molecule has 1 N–H and O–H groups in total. The van der Waals surface area contributed by atoms with Gasteiger partial charge in [0.05, 0.1) is 16.6 Å². The van der Waals surface area contributed by atoms with Gasteiger partial charge in [-0.3, -0.25) is 14.2 Å². The van der Waals surface area contributed by atoms with E-state index in [1.165, 1.54) is 5.57 Å². The van der Waals surface area contributed by atoms with Crippen LogP contribution in [0.15, 0.2) is 39.7 Å². The van der Waals surface area contributed by atoms with E-state index in [0.717, 1.165) is 43.8 Å². The first kappa shape index (κ1) is 17.6. The summed E-state index contributed by atoms with van der Waals surface area (Å²) in [5, 5.41) is 4.87. The number of rotatable bonds is 2. The molecule has 1 aliphatic heterocycles. The fourth-order valence-electron chi connectivity index (χ4n) is 4.18. The summed E-state index contributed by atoms with van der Waals surface area (Å²) in [6.07, 6.45) is 5.64. The zero-order valence-electron chi connectivity index (χ0n) is 16.0. The third-order valence-corrected chi connectivity index (χ3v) is 5.21. The van der Waals surface area contributed by atoms with Gasteiger partial charge in [-0.25, -0.2) is 10.4 Å². The highest BCUT2D eigenvalue weighted by atomic mass is 16.2. The highest BCUT2D eigenvalue weighted by Crippen LogP contribution is 2.33. The number of aromatic nitrogens is 2. The molecule has 27 heavy (non-hydrogen) atoms. The molecule has 6 nitrogen and oxygen atoms in total. The number of nitrogens with zero attached hydrogens (tertiary/aromatic N) is 3. The summed E-state index contributed by atoms with van der Waals surface area (Å²) in [5.41, 5.74) is 5.96. The van der Waals surface area contributed by atoms with Crippen molar-refractivity contribution in [1.29, 1.82) is 0 Å². The molecule has 4 rings (SSSR count). The molecule has 1 aromatic heterocycles. The molecule has 2 heterocycles. The Labute approximate surface area is 158 Å². The van der Waals surface area contributed by atoms with Gasteiger partial charge in [-0.15, -0.1) is 0 Å². The molecule has 0 saturated carbocycles. The molecule has 0 fully saturated rings. The monoisotopic (exact) mass is 364 g/mol. The van der Waals surface area contributed by atoms with Crippen LogP contribution in [0, 0.1) is 5.41 Å². The van der Waals surface area contributed by atoms with Gasteiger partial charge in [0.15, 0.2) is 0 Å². The van der Waals surface area contributed by atoms with Crippen molar-refractivity contribution in [2.75, 3.05) is 0 Å². The number of fused-ring (bicyclic) bond motifs is 2. The van der Waals surface area contributed by atoms with Crippen molar-refractivity contribution in [3.8, 4) is 0 Å².